The van der Waals surface area contributed by atoms with Gasteiger partial charge in [-0.15, -0.1) is 0 Å². The van der Waals surface area contributed by atoms with Crippen LogP contribution < -0.4 is 0 Å². The zero-order valence-electron chi connectivity index (χ0n) is 16.1. The molecule has 0 atom stereocenters. The van der Waals surface area contributed by atoms with E-state index in [0.29, 0.717) is 13.0 Å². The number of phenolic OH excluding ortho intramolecular Hbond substituents is 1. The minimum absolute atomic E-state index is 0.198. The molecule has 2 aromatic rings. The Labute approximate surface area is 170 Å². The Morgan fingerprint density at radius 3 is 2.86 bits per heavy atom. The van der Waals surface area contributed by atoms with Gasteiger partial charge in [-0.05, 0) is 0 Å². The number of aliphatic hydroxyl groups is 1. The zero-order chi connectivity index (χ0) is 20.1. The normalized spacial score (nSPS) is 15.0. The number of rotatable bonds is 6. The molecule has 28 heavy (non-hydrogen) atoms. The summed E-state index contributed by atoms with van der Waals surface area (Å²) in [6.07, 6.45) is 14.3. The van der Waals surface area contributed by atoms with Crippen LogP contribution in [0.4, 0.5) is 0 Å². The molecule has 0 amide bonds. The molecule has 0 saturated carbocycles. The number of nitrogens with zero attached hydrogens (tertiary/aromatic N) is 2. The minimum atomic E-state index is 0.198. The number of thioether (sulfide) groups is 1. The SMILES string of the molecule is C#CC/C(=C\B=C(C)O)Cn1c(C2=CC=C(SC)CC2)nc2cc(O)ccc21. The molecule has 1 heterocycles. The van der Waals surface area contributed by atoms with Crippen molar-refractivity contribution in [2.45, 2.75) is 32.7 Å². The van der Waals surface area contributed by atoms with E-state index in [0.717, 1.165) is 35.3 Å². The van der Waals surface area contributed by atoms with E-state index in [2.05, 4.69) is 28.9 Å². The average Bonchev–Trinajstić information content (AvgIpc) is 3.03. The monoisotopic (exact) mass is 390 g/mol. The Morgan fingerprint density at radius 1 is 1.39 bits per heavy atom. The summed E-state index contributed by atoms with van der Waals surface area (Å²) in [5.74, 6) is 5.65. The second kappa shape index (κ2) is 9.03. The third kappa shape index (κ3) is 4.60. The predicted octanol–water partition coefficient (Wildman–Crippen LogP) is 4.30. The second-order valence-corrected chi connectivity index (χ2v) is 7.67. The summed E-state index contributed by atoms with van der Waals surface area (Å²) in [5, 5.41) is 19.4. The fourth-order valence-electron chi connectivity index (χ4n) is 3.24. The van der Waals surface area contributed by atoms with Gasteiger partial charge in [0, 0.05) is 0 Å². The van der Waals surface area contributed by atoms with E-state index in [1.54, 1.807) is 37.7 Å². The van der Waals surface area contributed by atoms with Crippen molar-refractivity contribution in [3.8, 4) is 18.1 Å². The van der Waals surface area contributed by atoms with E-state index in [-0.39, 0.29) is 11.4 Å². The number of phenols is 1. The van der Waals surface area contributed by atoms with E-state index >= 15 is 0 Å². The maximum atomic E-state index is 9.87. The van der Waals surface area contributed by atoms with Gasteiger partial charge in [-0.25, -0.2) is 0 Å². The van der Waals surface area contributed by atoms with Crippen LogP contribution in [-0.2, 0) is 6.54 Å². The number of hydrogen-bond donors (Lipinski definition) is 2. The van der Waals surface area contributed by atoms with Gasteiger partial charge in [-0.2, -0.15) is 0 Å². The molecule has 1 aliphatic carbocycles. The first-order valence-corrected chi connectivity index (χ1v) is 10.4. The van der Waals surface area contributed by atoms with Gasteiger partial charge in [0.25, 0.3) is 0 Å². The molecule has 0 unspecified atom stereocenters. The van der Waals surface area contributed by atoms with Crippen molar-refractivity contribution in [1.29, 1.82) is 0 Å². The Kier molecular flexibility index (Phi) is 6.48. The summed E-state index contributed by atoms with van der Waals surface area (Å²) in [6.45, 7) is 3.86. The number of benzene rings is 1. The van der Waals surface area contributed by atoms with Gasteiger partial charge in [0.1, 0.15) is 0 Å². The third-order valence-electron chi connectivity index (χ3n) is 4.64. The van der Waals surface area contributed by atoms with Gasteiger partial charge in [0.05, 0.1) is 0 Å². The fourth-order valence-corrected chi connectivity index (χ4v) is 3.75. The van der Waals surface area contributed by atoms with Crippen LogP contribution in [0.1, 0.15) is 32.0 Å². The van der Waals surface area contributed by atoms with E-state index in [9.17, 15) is 10.2 Å². The molecule has 0 fully saturated rings. The molecule has 4 nitrogen and oxygen atoms in total. The summed E-state index contributed by atoms with van der Waals surface area (Å²) in [5.41, 5.74) is 4.11. The van der Waals surface area contributed by atoms with Gasteiger partial charge in [-0.3, -0.25) is 0 Å². The van der Waals surface area contributed by atoms with Crippen LogP contribution in [0, 0.1) is 12.3 Å². The van der Waals surface area contributed by atoms with Crippen molar-refractivity contribution in [2.24, 2.45) is 0 Å². The second-order valence-electron chi connectivity index (χ2n) is 6.74. The van der Waals surface area contributed by atoms with Crippen LogP contribution in [-0.4, -0.2) is 38.6 Å². The Bertz CT molecular complexity index is 1050. The summed E-state index contributed by atoms with van der Waals surface area (Å²) in [6, 6.07) is 5.24. The van der Waals surface area contributed by atoms with Gasteiger partial charge >= 0.3 is 170 Å². The Balaban J connectivity index is 2.10. The first-order valence-electron chi connectivity index (χ1n) is 9.14. The number of hydrogen-bond acceptors (Lipinski definition) is 4. The van der Waals surface area contributed by atoms with Crippen LogP contribution in [0.5, 0.6) is 5.75 Å². The number of imidazole rings is 1. The van der Waals surface area contributed by atoms with Gasteiger partial charge in [0.15, 0.2) is 0 Å². The third-order valence-corrected chi connectivity index (χ3v) is 5.51. The van der Waals surface area contributed by atoms with Crippen molar-refractivity contribution in [3.63, 3.8) is 0 Å². The number of allylic oxidation sites excluding steroid dienone is 5. The van der Waals surface area contributed by atoms with Crippen LogP contribution in [0.3, 0.4) is 0 Å². The van der Waals surface area contributed by atoms with Crippen LogP contribution >= 0.6 is 11.8 Å². The van der Waals surface area contributed by atoms with E-state index in [1.807, 2.05) is 12.0 Å². The van der Waals surface area contributed by atoms with E-state index < -0.39 is 0 Å². The number of aromatic hydroxyl groups is 1. The molecule has 0 spiro atoms. The number of aliphatic hydroxyl groups excluding tert-OH is 1. The van der Waals surface area contributed by atoms with Crippen molar-refractivity contribution in [3.05, 3.63) is 52.6 Å². The molecule has 0 aliphatic heterocycles. The molecule has 1 aromatic carbocycles. The Hall–Kier alpha value is -2.65. The number of terminal acetylenes is 1. The molecule has 0 bridgehead atoms. The molecule has 2 N–H and O–H groups in total. The summed E-state index contributed by atoms with van der Waals surface area (Å²) in [7, 11) is 0. The van der Waals surface area contributed by atoms with Crippen molar-refractivity contribution >= 4 is 40.9 Å². The number of aromatic nitrogens is 2. The van der Waals surface area contributed by atoms with Crippen molar-refractivity contribution in [1.82, 2.24) is 9.55 Å². The molecule has 0 radical (unpaired) electrons. The first-order chi connectivity index (χ1) is 13.5. The molecular formula is C22H23BN2O2S. The predicted molar refractivity (Wildman–Crippen MR) is 120 cm³/mol. The quantitative estimate of drug-likeness (QED) is 0.571. The molecule has 1 aliphatic rings. The molecule has 0 saturated heterocycles. The van der Waals surface area contributed by atoms with Crippen molar-refractivity contribution < 1.29 is 10.2 Å². The van der Waals surface area contributed by atoms with E-state index in [1.165, 1.54) is 10.5 Å². The van der Waals surface area contributed by atoms with Crippen molar-refractivity contribution in [2.75, 3.05) is 6.26 Å². The average molecular weight is 390 g/mol. The van der Waals surface area contributed by atoms with E-state index in [4.69, 9.17) is 11.4 Å². The molecule has 1 aromatic heterocycles. The summed E-state index contributed by atoms with van der Waals surface area (Å²) in [4.78, 5) is 6.17. The fraction of sp³-hybridized carbons (Fsp3) is 0.273. The van der Waals surface area contributed by atoms with Crippen LogP contribution in [0.15, 0.2) is 46.8 Å². The summed E-state index contributed by atoms with van der Waals surface area (Å²) < 4.78 is 2.14. The van der Waals surface area contributed by atoms with Gasteiger partial charge in [0.2, 0.25) is 0 Å². The molecular weight excluding hydrogens is 367 g/mol. The van der Waals surface area contributed by atoms with Crippen LogP contribution in [0.2, 0.25) is 0 Å². The molecule has 3 rings (SSSR count). The first kappa shape index (κ1) is 20.1. The maximum absolute atomic E-state index is 9.87. The zero-order valence-corrected chi connectivity index (χ0v) is 17.0. The molecule has 142 valence electrons. The Morgan fingerprint density at radius 2 is 2.21 bits per heavy atom. The molecule has 6 heteroatoms. The summed E-state index contributed by atoms with van der Waals surface area (Å²) >= 11 is 1.78. The van der Waals surface area contributed by atoms with Crippen LogP contribution in [0.25, 0.3) is 16.6 Å². The standard InChI is InChI=1S/C22H23BN2O2S/c1-4-5-16(13-23-15(2)26)14-25-21-11-8-18(27)12-20(21)24-22(25)17-6-9-19(28-3)10-7-17/h1,6,8-9,11-13,26-27H,5,7,10,14H2,2-3H3/b16-13+. The van der Waals surface area contributed by atoms with Gasteiger partial charge < -0.3 is 0 Å². The number of fused-ring (bicyclic) bond motifs is 1. The topological polar surface area (TPSA) is 58.3 Å². The van der Waals surface area contributed by atoms with Gasteiger partial charge in [-0.1, -0.05) is 0 Å².